The fourth-order valence-corrected chi connectivity index (χ4v) is 2.16. The van der Waals surface area contributed by atoms with Crippen molar-refractivity contribution in [1.82, 2.24) is 10.2 Å². The Morgan fingerprint density at radius 2 is 2.09 bits per heavy atom. The quantitative estimate of drug-likeness (QED) is 0.715. The van der Waals surface area contributed by atoms with Crippen LogP contribution in [-0.2, 0) is 11.3 Å². The molecule has 1 amide bonds. The first-order valence-electron chi connectivity index (χ1n) is 7.49. The van der Waals surface area contributed by atoms with Crippen molar-refractivity contribution < 1.29 is 13.9 Å². The summed E-state index contributed by atoms with van der Waals surface area (Å²) in [6.45, 7) is 2.14. The zero-order chi connectivity index (χ0) is 16.5. The summed E-state index contributed by atoms with van der Waals surface area (Å²) >= 11 is 5.82. The van der Waals surface area contributed by atoms with Gasteiger partial charge < -0.3 is 14.5 Å². The maximum atomic E-state index is 11.8. The van der Waals surface area contributed by atoms with Gasteiger partial charge in [0.1, 0.15) is 11.5 Å². The van der Waals surface area contributed by atoms with E-state index in [1.165, 1.54) is 0 Å². The minimum absolute atomic E-state index is 0.0254. The number of benzene rings is 1. The number of hydrogen-bond acceptors (Lipinski definition) is 4. The summed E-state index contributed by atoms with van der Waals surface area (Å²) in [5.41, 5.74) is 0. The number of likely N-dealkylation sites (N-methyl/N-ethyl adjacent to an activating group) is 1. The molecule has 0 fully saturated rings. The predicted octanol–water partition coefficient (Wildman–Crippen LogP) is 2.95. The van der Waals surface area contributed by atoms with Crippen molar-refractivity contribution in [2.75, 3.05) is 26.7 Å². The SMILES string of the molecule is CN(CCCOc1ccc(Cl)cc1)CC(=O)NCc1ccco1. The van der Waals surface area contributed by atoms with Gasteiger partial charge in [0.25, 0.3) is 0 Å². The van der Waals surface area contributed by atoms with E-state index in [1.807, 2.05) is 30.1 Å². The van der Waals surface area contributed by atoms with Gasteiger partial charge in [-0.1, -0.05) is 11.6 Å². The Labute approximate surface area is 141 Å². The smallest absolute Gasteiger partial charge is 0.234 e. The molecule has 6 heteroatoms. The lowest BCUT2D eigenvalue weighted by atomic mass is 10.3. The molecule has 0 bridgehead atoms. The van der Waals surface area contributed by atoms with Crippen molar-refractivity contribution in [3.05, 3.63) is 53.4 Å². The summed E-state index contributed by atoms with van der Waals surface area (Å²) in [7, 11) is 1.91. The largest absolute Gasteiger partial charge is 0.494 e. The van der Waals surface area contributed by atoms with Crippen molar-refractivity contribution in [2.45, 2.75) is 13.0 Å². The molecule has 5 nitrogen and oxygen atoms in total. The minimum atomic E-state index is -0.0254. The summed E-state index contributed by atoms with van der Waals surface area (Å²) in [5, 5.41) is 3.51. The molecule has 0 unspecified atom stereocenters. The molecule has 23 heavy (non-hydrogen) atoms. The van der Waals surface area contributed by atoms with Gasteiger partial charge in [0.05, 0.1) is 26.0 Å². The molecule has 0 saturated heterocycles. The molecule has 1 N–H and O–H groups in total. The highest BCUT2D eigenvalue weighted by Gasteiger charge is 2.07. The van der Waals surface area contributed by atoms with Crippen LogP contribution in [0, 0.1) is 0 Å². The van der Waals surface area contributed by atoms with Gasteiger partial charge in [-0.2, -0.15) is 0 Å². The second-order valence-electron chi connectivity index (χ2n) is 5.25. The summed E-state index contributed by atoms with van der Waals surface area (Å²) in [5.74, 6) is 1.52. The van der Waals surface area contributed by atoms with E-state index in [0.717, 1.165) is 24.5 Å². The Hall–Kier alpha value is -1.98. The Kier molecular flexibility index (Phi) is 6.97. The molecule has 0 saturated carbocycles. The molecule has 2 rings (SSSR count). The van der Waals surface area contributed by atoms with Crippen LogP contribution in [-0.4, -0.2) is 37.6 Å². The zero-order valence-electron chi connectivity index (χ0n) is 13.1. The number of carbonyl (C=O) groups is 1. The Morgan fingerprint density at radius 3 is 2.78 bits per heavy atom. The molecule has 0 spiro atoms. The van der Waals surface area contributed by atoms with Crippen LogP contribution in [0.15, 0.2) is 47.1 Å². The first kappa shape index (κ1) is 17.4. The van der Waals surface area contributed by atoms with Crippen molar-refractivity contribution in [1.29, 1.82) is 0 Å². The van der Waals surface area contributed by atoms with Gasteiger partial charge in [-0.15, -0.1) is 0 Å². The molecule has 1 aromatic heterocycles. The van der Waals surface area contributed by atoms with Crippen LogP contribution in [0.25, 0.3) is 0 Å². The summed E-state index contributed by atoms with van der Waals surface area (Å²) in [6, 6.07) is 10.9. The number of carbonyl (C=O) groups excluding carboxylic acids is 1. The maximum Gasteiger partial charge on any atom is 0.234 e. The van der Waals surface area contributed by atoms with Crippen LogP contribution in [0.1, 0.15) is 12.2 Å². The van der Waals surface area contributed by atoms with E-state index in [2.05, 4.69) is 5.32 Å². The lowest BCUT2D eigenvalue weighted by Gasteiger charge is -2.16. The first-order chi connectivity index (χ1) is 11.1. The summed E-state index contributed by atoms with van der Waals surface area (Å²) in [6.07, 6.45) is 2.43. The first-order valence-corrected chi connectivity index (χ1v) is 7.87. The minimum Gasteiger partial charge on any atom is -0.494 e. The number of furan rings is 1. The monoisotopic (exact) mass is 336 g/mol. The Morgan fingerprint density at radius 1 is 1.30 bits per heavy atom. The van der Waals surface area contributed by atoms with Crippen LogP contribution in [0.4, 0.5) is 0 Å². The zero-order valence-corrected chi connectivity index (χ0v) is 13.9. The highest BCUT2D eigenvalue weighted by atomic mass is 35.5. The molecular formula is C17H21ClN2O3. The van der Waals surface area contributed by atoms with Crippen molar-refractivity contribution in [3.8, 4) is 5.75 Å². The number of halogens is 1. The Balaban J connectivity index is 1.56. The van der Waals surface area contributed by atoms with Crippen LogP contribution in [0.3, 0.4) is 0 Å². The van der Waals surface area contributed by atoms with Gasteiger partial charge in [0.15, 0.2) is 0 Å². The number of ether oxygens (including phenoxy) is 1. The number of hydrogen-bond donors (Lipinski definition) is 1. The third kappa shape index (κ3) is 6.76. The van der Waals surface area contributed by atoms with Crippen molar-refractivity contribution in [2.24, 2.45) is 0 Å². The summed E-state index contributed by atoms with van der Waals surface area (Å²) < 4.78 is 10.8. The van der Waals surface area contributed by atoms with E-state index in [1.54, 1.807) is 24.5 Å². The normalized spacial score (nSPS) is 10.7. The van der Waals surface area contributed by atoms with Crippen LogP contribution < -0.4 is 10.1 Å². The van der Waals surface area contributed by atoms with Gasteiger partial charge >= 0.3 is 0 Å². The van der Waals surface area contributed by atoms with Crippen molar-refractivity contribution in [3.63, 3.8) is 0 Å². The molecule has 2 aromatic rings. The average Bonchev–Trinajstić information content (AvgIpc) is 3.05. The molecule has 1 aromatic carbocycles. The van der Waals surface area contributed by atoms with Gasteiger partial charge in [0.2, 0.25) is 5.91 Å². The van der Waals surface area contributed by atoms with Crippen molar-refractivity contribution >= 4 is 17.5 Å². The molecule has 0 aliphatic heterocycles. The number of amides is 1. The lowest BCUT2D eigenvalue weighted by Crippen LogP contribution is -2.35. The second-order valence-corrected chi connectivity index (χ2v) is 5.69. The molecular weight excluding hydrogens is 316 g/mol. The number of nitrogens with zero attached hydrogens (tertiary/aromatic N) is 1. The van der Waals surface area contributed by atoms with E-state index in [-0.39, 0.29) is 5.91 Å². The fourth-order valence-electron chi connectivity index (χ4n) is 2.03. The standard InChI is InChI=1S/C17H21ClN2O3/c1-20(13-17(21)19-12-16-4-2-10-23-16)9-3-11-22-15-7-5-14(18)6-8-15/h2,4-8,10H,3,9,11-13H2,1H3,(H,19,21). The molecule has 0 radical (unpaired) electrons. The van der Waals surface area contributed by atoms with E-state index in [4.69, 9.17) is 20.8 Å². The summed E-state index contributed by atoms with van der Waals surface area (Å²) in [4.78, 5) is 13.8. The number of nitrogens with one attached hydrogen (secondary N) is 1. The lowest BCUT2D eigenvalue weighted by molar-refractivity contribution is -0.122. The van der Waals surface area contributed by atoms with Gasteiger partial charge in [-0.25, -0.2) is 0 Å². The topological polar surface area (TPSA) is 54.7 Å². The highest BCUT2D eigenvalue weighted by Crippen LogP contribution is 2.15. The fraction of sp³-hybridized carbons (Fsp3) is 0.353. The Bertz CT molecular complexity index is 584. The highest BCUT2D eigenvalue weighted by molar-refractivity contribution is 6.30. The maximum absolute atomic E-state index is 11.8. The van der Waals surface area contributed by atoms with Crippen LogP contribution >= 0.6 is 11.6 Å². The average molecular weight is 337 g/mol. The van der Waals surface area contributed by atoms with Crippen LogP contribution in [0.5, 0.6) is 5.75 Å². The molecule has 0 aliphatic carbocycles. The van der Waals surface area contributed by atoms with E-state index < -0.39 is 0 Å². The van der Waals surface area contributed by atoms with Gasteiger partial charge in [-0.05, 0) is 49.9 Å². The van der Waals surface area contributed by atoms with Crippen LogP contribution in [0.2, 0.25) is 5.02 Å². The van der Waals surface area contributed by atoms with E-state index >= 15 is 0 Å². The molecule has 124 valence electrons. The number of rotatable bonds is 9. The third-order valence-electron chi connectivity index (χ3n) is 3.22. The van der Waals surface area contributed by atoms with E-state index in [0.29, 0.717) is 24.7 Å². The molecule has 0 aliphatic rings. The van der Waals surface area contributed by atoms with Gasteiger partial charge in [-0.3, -0.25) is 9.69 Å². The van der Waals surface area contributed by atoms with Gasteiger partial charge in [0, 0.05) is 11.6 Å². The third-order valence-corrected chi connectivity index (χ3v) is 3.47. The second kappa shape index (κ2) is 9.22. The molecule has 0 atom stereocenters. The molecule has 1 heterocycles. The predicted molar refractivity (Wildman–Crippen MR) is 89.6 cm³/mol. The van der Waals surface area contributed by atoms with E-state index in [9.17, 15) is 4.79 Å².